The molecule has 0 atom stereocenters. The highest BCUT2D eigenvalue weighted by molar-refractivity contribution is 6.31. The molecule has 0 bridgehead atoms. The van der Waals surface area contributed by atoms with Gasteiger partial charge in [-0.25, -0.2) is 4.98 Å². The minimum absolute atomic E-state index is 0.735. The Labute approximate surface area is 123 Å². The van der Waals surface area contributed by atoms with E-state index in [4.69, 9.17) is 11.6 Å². The molecule has 3 nitrogen and oxygen atoms in total. The molecule has 102 valence electrons. The smallest absolute Gasteiger partial charge is 0.121 e. The van der Waals surface area contributed by atoms with E-state index in [1.54, 1.807) is 0 Å². The second kappa shape index (κ2) is 6.07. The Morgan fingerprint density at radius 3 is 2.70 bits per heavy atom. The second-order valence-electron chi connectivity index (χ2n) is 4.72. The van der Waals surface area contributed by atoms with Crippen LogP contribution in [0.4, 0.5) is 0 Å². The average molecular weight is 286 g/mol. The zero-order valence-electron chi connectivity index (χ0n) is 11.1. The third kappa shape index (κ3) is 3.00. The van der Waals surface area contributed by atoms with Crippen LogP contribution in [0.15, 0.2) is 48.5 Å². The number of hydrogen-bond acceptors (Lipinski definition) is 2. The summed E-state index contributed by atoms with van der Waals surface area (Å²) in [5, 5.41) is 4.22. The van der Waals surface area contributed by atoms with Gasteiger partial charge in [0.05, 0.1) is 17.6 Å². The molecule has 0 aliphatic carbocycles. The maximum absolute atomic E-state index is 6.13. The maximum atomic E-state index is 6.13. The molecule has 0 aliphatic rings. The predicted molar refractivity (Wildman–Crippen MR) is 83.0 cm³/mol. The predicted octanol–water partition coefficient (Wildman–Crippen LogP) is 3.55. The van der Waals surface area contributed by atoms with Crippen molar-refractivity contribution in [2.45, 2.75) is 13.0 Å². The first-order chi connectivity index (χ1) is 9.83. The molecule has 0 aliphatic heterocycles. The van der Waals surface area contributed by atoms with Gasteiger partial charge in [-0.15, -0.1) is 0 Å². The summed E-state index contributed by atoms with van der Waals surface area (Å²) in [6.45, 7) is 1.61. The fraction of sp³-hybridized carbons (Fsp3) is 0.188. The zero-order valence-corrected chi connectivity index (χ0v) is 11.8. The van der Waals surface area contributed by atoms with Gasteiger partial charge in [0.25, 0.3) is 0 Å². The number of nitrogens with one attached hydrogen (secondary N) is 2. The molecule has 0 amide bonds. The number of hydrogen-bond donors (Lipinski definition) is 2. The van der Waals surface area contributed by atoms with E-state index < -0.39 is 0 Å². The van der Waals surface area contributed by atoms with E-state index in [9.17, 15) is 0 Å². The Balaban J connectivity index is 1.54. The lowest BCUT2D eigenvalue weighted by molar-refractivity contribution is 0.666. The quantitative estimate of drug-likeness (QED) is 0.704. The van der Waals surface area contributed by atoms with E-state index in [0.717, 1.165) is 41.4 Å². The number of H-pyrrole nitrogens is 1. The Kier molecular flexibility index (Phi) is 4.00. The van der Waals surface area contributed by atoms with Gasteiger partial charge in [-0.3, -0.25) is 0 Å². The molecular formula is C16H16ClN3. The molecule has 0 saturated heterocycles. The van der Waals surface area contributed by atoms with Gasteiger partial charge in [0.15, 0.2) is 0 Å². The summed E-state index contributed by atoms with van der Waals surface area (Å²) >= 11 is 6.13. The molecule has 0 saturated carbocycles. The molecule has 0 radical (unpaired) electrons. The SMILES string of the molecule is Clc1ccccc1CCNCc1nc2ccccc2[nH]1. The number of para-hydroxylation sites is 2. The topological polar surface area (TPSA) is 40.7 Å². The van der Waals surface area contributed by atoms with Crippen LogP contribution in [0.2, 0.25) is 5.02 Å². The Bertz CT molecular complexity index is 673. The number of halogens is 1. The van der Waals surface area contributed by atoms with Crippen LogP contribution in [-0.4, -0.2) is 16.5 Å². The van der Waals surface area contributed by atoms with Crippen LogP contribution >= 0.6 is 11.6 Å². The van der Waals surface area contributed by atoms with Crippen LogP contribution in [0.5, 0.6) is 0 Å². The van der Waals surface area contributed by atoms with Crippen molar-refractivity contribution in [3.63, 3.8) is 0 Å². The summed E-state index contributed by atoms with van der Waals surface area (Å²) in [7, 11) is 0. The first-order valence-corrected chi connectivity index (χ1v) is 7.08. The summed E-state index contributed by atoms with van der Waals surface area (Å²) < 4.78 is 0. The van der Waals surface area contributed by atoms with Crippen LogP contribution in [0.25, 0.3) is 11.0 Å². The van der Waals surface area contributed by atoms with E-state index >= 15 is 0 Å². The van der Waals surface area contributed by atoms with Gasteiger partial charge in [-0.1, -0.05) is 41.9 Å². The number of fused-ring (bicyclic) bond motifs is 1. The van der Waals surface area contributed by atoms with Crippen molar-refractivity contribution < 1.29 is 0 Å². The highest BCUT2D eigenvalue weighted by atomic mass is 35.5. The van der Waals surface area contributed by atoms with Gasteiger partial charge in [-0.2, -0.15) is 0 Å². The van der Waals surface area contributed by atoms with Crippen molar-refractivity contribution in [1.29, 1.82) is 0 Å². The van der Waals surface area contributed by atoms with E-state index in [1.807, 2.05) is 42.5 Å². The normalized spacial score (nSPS) is 11.1. The fourth-order valence-electron chi connectivity index (χ4n) is 2.22. The highest BCUT2D eigenvalue weighted by Gasteiger charge is 2.02. The Hall–Kier alpha value is -1.84. The number of benzene rings is 2. The van der Waals surface area contributed by atoms with E-state index in [1.165, 1.54) is 5.56 Å². The van der Waals surface area contributed by atoms with E-state index in [-0.39, 0.29) is 0 Å². The summed E-state index contributed by atoms with van der Waals surface area (Å²) in [6, 6.07) is 16.0. The maximum Gasteiger partial charge on any atom is 0.121 e. The minimum atomic E-state index is 0.735. The van der Waals surface area contributed by atoms with Gasteiger partial charge >= 0.3 is 0 Å². The van der Waals surface area contributed by atoms with Crippen molar-refractivity contribution in [3.05, 3.63) is 64.9 Å². The van der Waals surface area contributed by atoms with Crippen molar-refractivity contribution in [2.75, 3.05) is 6.54 Å². The van der Waals surface area contributed by atoms with Gasteiger partial charge in [0, 0.05) is 5.02 Å². The molecule has 1 aromatic heterocycles. The molecule has 1 heterocycles. The summed E-state index contributed by atoms with van der Waals surface area (Å²) in [4.78, 5) is 7.84. The molecule has 0 unspecified atom stereocenters. The molecule has 0 spiro atoms. The van der Waals surface area contributed by atoms with Crippen molar-refractivity contribution >= 4 is 22.6 Å². The van der Waals surface area contributed by atoms with Crippen molar-refractivity contribution in [2.24, 2.45) is 0 Å². The largest absolute Gasteiger partial charge is 0.341 e. The molecule has 2 aromatic carbocycles. The van der Waals surface area contributed by atoms with Gasteiger partial charge in [0.2, 0.25) is 0 Å². The molecule has 2 N–H and O–H groups in total. The highest BCUT2D eigenvalue weighted by Crippen LogP contribution is 2.15. The third-order valence-corrected chi connectivity index (χ3v) is 3.63. The van der Waals surface area contributed by atoms with Crippen molar-refractivity contribution in [1.82, 2.24) is 15.3 Å². The molecule has 3 rings (SSSR count). The Morgan fingerprint density at radius 2 is 1.85 bits per heavy atom. The lowest BCUT2D eigenvalue weighted by atomic mass is 10.1. The first kappa shape index (κ1) is 13.2. The monoisotopic (exact) mass is 285 g/mol. The molecule has 0 fully saturated rings. The van der Waals surface area contributed by atoms with Gasteiger partial charge in [0.1, 0.15) is 5.82 Å². The number of aromatic nitrogens is 2. The van der Waals surface area contributed by atoms with Crippen LogP contribution in [0.1, 0.15) is 11.4 Å². The molecular weight excluding hydrogens is 270 g/mol. The number of imidazole rings is 1. The second-order valence-corrected chi connectivity index (χ2v) is 5.13. The lowest BCUT2D eigenvalue weighted by Gasteiger charge is -2.04. The third-order valence-electron chi connectivity index (χ3n) is 3.26. The van der Waals surface area contributed by atoms with Gasteiger partial charge < -0.3 is 10.3 Å². The average Bonchev–Trinajstić information content (AvgIpc) is 2.88. The fourth-order valence-corrected chi connectivity index (χ4v) is 2.45. The standard InChI is InChI=1S/C16H16ClN3/c17-13-6-2-1-5-12(13)9-10-18-11-16-19-14-7-3-4-8-15(14)20-16/h1-8,18H,9-11H2,(H,19,20). The summed E-state index contributed by atoms with van der Waals surface area (Å²) in [5.74, 6) is 0.963. The molecule has 3 aromatic rings. The van der Waals surface area contributed by atoms with Crippen LogP contribution < -0.4 is 5.32 Å². The van der Waals surface area contributed by atoms with Crippen LogP contribution in [-0.2, 0) is 13.0 Å². The zero-order chi connectivity index (χ0) is 13.8. The summed E-state index contributed by atoms with van der Waals surface area (Å²) in [5.41, 5.74) is 3.26. The number of aromatic amines is 1. The molecule has 20 heavy (non-hydrogen) atoms. The van der Waals surface area contributed by atoms with Crippen LogP contribution in [0, 0.1) is 0 Å². The Morgan fingerprint density at radius 1 is 1.05 bits per heavy atom. The summed E-state index contributed by atoms with van der Waals surface area (Å²) in [6.07, 6.45) is 0.917. The molecule has 4 heteroatoms. The van der Waals surface area contributed by atoms with Crippen LogP contribution in [0.3, 0.4) is 0 Å². The van der Waals surface area contributed by atoms with Crippen molar-refractivity contribution in [3.8, 4) is 0 Å². The number of rotatable bonds is 5. The number of nitrogens with zero attached hydrogens (tertiary/aromatic N) is 1. The minimum Gasteiger partial charge on any atom is -0.341 e. The van der Waals surface area contributed by atoms with E-state index in [2.05, 4.69) is 21.4 Å². The van der Waals surface area contributed by atoms with Gasteiger partial charge in [-0.05, 0) is 36.7 Å². The first-order valence-electron chi connectivity index (χ1n) is 6.71. The van der Waals surface area contributed by atoms with E-state index in [0.29, 0.717) is 0 Å². The lowest BCUT2D eigenvalue weighted by Crippen LogP contribution is -2.17.